The van der Waals surface area contributed by atoms with Gasteiger partial charge in [-0.05, 0) is 54.9 Å². The Bertz CT molecular complexity index is 416. The maximum atomic E-state index is 6.05. The van der Waals surface area contributed by atoms with Gasteiger partial charge >= 0.3 is 0 Å². The molecule has 0 aliphatic heterocycles. The monoisotopic (exact) mass is 295 g/mol. The fourth-order valence-corrected chi connectivity index (χ4v) is 3.50. The highest BCUT2D eigenvalue weighted by molar-refractivity contribution is 6.30. The minimum absolute atomic E-state index is 0.417. The van der Waals surface area contributed by atoms with Crippen molar-refractivity contribution in [2.45, 2.75) is 46.1 Å². The molecule has 0 spiro atoms. The molecule has 1 fully saturated rings. The number of halogens is 1. The zero-order valence-corrected chi connectivity index (χ0v) is 13.5. The van der Waals surface area contributed by atoms with Gasteiger partial charge in [-0.3, -0.25) is 0 Å². The van der Waals surface area contributed by atoms with E-state index in [0.29, 0.717) is 11.5 Å². The fourth-order valence-electron chi connectivity index (χ4n) is 3.37. The molecule has 0 bridgehead atoms. The summed E-state index contributed by atoms with van der Waals surface area (Å²) in [6.07, 6.45) is 4.11. The molecule has 1 aliphatic rings. The number of anilines is 1. The summed E-state index contributed by atoms with van der Waals surface area (Å²) < 4.78 is 6.05. The molecule has 1 N–H and O–H groups in total. The second-order valence-electron chi connectivity index (χ2n) is 6.84. The molecule has 0 aromatic heterocycles. The molecule has 0 heterocycles. The Morgan fingerprint density at radius 3 is 2.60 bits per heavy atom. The molecule has 2 rings (SSSR count). The van der Waals surface area contributed by atoms with Gasteiger partial charge in [0.1, 0.15) is 0 Å². The molecule has 0 radical (unpaired) electrons. The molecule has 3 heteroatoms. The maximum Gasteiger partial charge on any atom is 0.0642 e. The van der Waals surface area contributed by atoms with Gasteiger partial charge in [0.25, 0.3) is 0 Å². The van der Waals surface area contributed by atoms with Gasteiger partial charge in [0.05, 0.1) is 12.7 Å². The lowest BCUT2D eigenvalue weighted by Gasteiger charge is -2.38. The summed E-state index contributed by atoms with van der Waals surface area (Å²) in [5.41, 5.74) is 1.52. The zero-order chi connectivity index (χ0) is 14.6. The minimum atomic E-state index is 0.417. The van der Waals surface area contributed by atoms with Crippen molar-refractivity contribution in [3.63, 3.8) is 0 Å². The van der Waals surface area contributed by atoms with Crippen LogP contribution in [0.3, 0.4) is 0 Å². The van der Waals surface area contributed by atoms with Crippen molar-refractivity contribution in [1.29, 1.82) is 0 Å². The van der Waals surface area contributed by atoms with Crippen LogP contribution in [0.2, 0.25) is 5.02 Å². The van der Waals surface area contributed by atoms with Gasteiger partial charge in [-0.15, -0.1) is 0 Å². The molecule has 20 heavy (non-hydrogen) atoms. The van der Waals surface area contributed by atoms with Gasteiger partial charge in [-0.25, -0.2) is 0 Å². The summed E-state index contributed by atoms with van der Waals surface area (Å²) >= 11 is 5.86. The van der Waals surface area contributed by atoms with E-state index in [2.05, 4.69) is 26.1 Å². The van der Waals surface area contributed by atoms with Crippen molar-refractivity contribution in [2.75, 3.05) is 18.5 Å². The average molecular weight is 296 g/mol. The molecule has 0 saturated heterocycles. The van der Waals surface area contributed by atoms with Crippen LogP contribution in [0.15, 0.2) is 24.3 Å². The Hall–Kier alpha value is -0.730. The molecular formula is C17H26ClNO. The van der Waals surface area contributed by atoms with E-state index in [1.54, 1.807) is 0 Å². The molecule has 1 aromatic rings. The van der Waals surface area contributed by atoms with E-state index in [4.69, 9.17) is 16.3 Å². The molecule has 112 valence electrons. The smallest absolute Gasteiger partial charge is 0.0642 e. The zero-order valence-electron chi connectivity index (χ0n) is 12.8. The second-order valence-corrected chi connectivity index (χ2v) is 7.28. The van der Waals surface area contributed by atoms with Crippen molar-refractivity contribution in [3.05, 3.63) is 29.3 Å². The first-order valence-corrected chi connectivity index (χ1v) is 7.93. The normalized spacial score (nSPS) is 25.4. The Morgan fingerprint density at radius 1 is 1.25 bits per heavy atom. The summed E-state index contributed by atoms with van der Waals surface area (Å²) in [6, 6.07) is 7.79. The lowest BCUT2D eigenvalue weighted by molar-refractivity contribution is -0.0185. The minimum Gasteiger partial charge on any atom is -0.383 e. The first-order chi connectivity index (χ1) is 9.44. The SMILES string of the molecule is CC1CC(OCCNc2ccc(Cl)cc2)CC(C)(C)C1. The highest BCUT2D eigenvalue weighted by Gasteiger charge is 2.32. The highest BCUT2D eigenvalue weighted by Crippen LogP contribution is 2.39. The second kappa shape index (κ2) is 6.82. The van der Waals surface area contributed by atoms with Gasteiger partial charge in [-0.2, -0.15) is 0 Å². The van der Waals surface area contributed by atoms with E-state index in [9.17, 15) is 0 Å². The summed E-state index contributed by atoms with van der Waals surface area (Å²) in [5.74, 6) is 0.771. The van der Waals surface area contributed by atoms with Crippen LogP contribution in [-0.2, 0) is 4.74 Å². The van der Waals surface area contributed by atoms with Crippen LogP contribution in [0.1, 0.15) is 40.0 Å². The summed E-state index contributed by atoms with van der Waals surface area (Å²) in [7, 11) is 0. The van der Waals surface area contributed by atoms with E-state index < -0.39 is 0 Å². The molecular weight excluding hydrogens is 270 g/mol. The van der Waals surface area contributed by atoms with E-state index in [-0.39, 0.29) is 0 Å². The highest BCUT2D eigenvalue weighted by atomic mass is 35.5. The number of rotatable bonds is 5. The first kappa shape index (κ1) is 15.7. The van der Waals surface area contributed by atoms with E-state index in [0.717, 1.165) is 29.8 Å². The Kier molecular flexibility index (Phi) is 5.34. The third-order valence-electron chi connectivity index (χ3n) is 3.98. The van der Waals surface area contributed by atoms with Crippen LogP contribution >= 0.6 is 11.6 Å². The summed E-state index contributed by atoms with van der Waals surface area (Å²) in [4.78, 5) is 0. The molecule has 1 aromatic carbocycles. The van der Waals surface area contributed by atoms with Crippen LogP contribution in [0.4, 0.5) is 5.69 Å². The molecule has 1 aliphatic carbocycles. The van der Waals surface area contributed by atoms with Crippen molar-refractivity contribution in [2.24, 2.45) is 11.3 Å². The van der Waals surface area contributed by atoms with E-state index >= 15 is 0 Å². The molecule has 0 amide bonds. The topological polar surface area (TPSA) is 21.3 Å². The van der Waals surface area contributed by atoms with Crippen molar-refractivity contribution >= 4 is 17.3 Å². The van der Waals surface area contributed by atoms with Crippen LogP contribution in [0.25, 0.3) is 0 Å². The molecule has 2 unspecified atom stereocenters. The van der Waals surface area contributed by atoms with Gasteiger partial charge < -0.3 is 10.1 Å². The lowest BCUT2D eigenvalue weighted by Crippen LogP contribution is -2.33. The maximum absolute atomic E-state index is 6.05. The predicted octanol–water partition coefficient (Wildman–Crippen LogP) is 4.98. The fraction of sp³-hybridized carbons (Fsp3) is 0.647. The van der Waals surface area contributed by atoms with Gasteiger partial charge in [-0.1, -0.05) is 32.4 Å². The van der Waals surface area contributed by atoms with E-state index in [1.807, 2.05) is 24.3 Å². The van der Waals surface area contributed by atoms with Crippen molar-refractivity contribution in [3.8, 4) is 0 Å². The first-order valence-electron chi connectivity index (χ1n) is 7.56. The van der Waals surface area contributed by atoms with Crippen LogP contribution in [0, 0.1) is 11.3 Å². The summed E-state index contributed by atoms with van der Waals surface area (Å²) in [6.45, 7) is 8.64. The number of hydrogen-bond donors (Lipinski definition) is 1. The number of ether oxygens (including phenoxy) is 1. The third kappa shape index (κ3) is 4.99. The molecule has 2 atom stereocenters. The largest absolute Gasteiger partial charge is 0.383 e. The van der Waals surface area contributed by atoms with Crippen molar-refractivity contribution in [1.82, 2.24) is 0 Å². The average Bonchev–Trinajstić information content (AvgIpc) is 2.34. The third-order valence-corrected chi connectivity index (χ3v) is 4.23. The van der Waals surface area contributed by atoms with Gasteiger partial charge in [0, 0.05) is 17.3 Å². The van der Waals surface area contributed by atoms with E-state index in [1.165, 1.54) is 19.3 Å². The van der Waals surface area contributed by atoms with Crippen LogP contribution in [-0.4, -0.2) is 19.3 Å². The van der Waals surface area contributed by atoms with Gasteiger partial charge in [0.15, 0.2) is 0 Å². The number of benzene rings is 1. The molecule has 1 saturated carbocycles. The van der Waals surface area contributed by atoms with Crippen LogP contribution in [0.5, 0.6) is 0 Å². The Morgan fingerprint density at radius 2 is 1.95 bits per heavy atom. The van der Waals surface area contributed by atoms with Crippen molar-refractivity contribution < 1.29 is 4.74 Å². The molecule has 2 nitrogen and oxygen atoms in total. The lowest BCUT2D eigenvalue weighted by atomic mass is 9.71. The Labute approximate surface area is 127 Å². The predicted molar refractivity (Wildman–Crippen MR) is 86.5 cm³/mol. The standard InChI is InChI=1S/C17H26ClNO/c1-13-10-16(12-17(2,3)11-13)20-9-8-19-15-6-4-14(18)5-7-15/h4-7,13,16,19H,8-12H2,1-3H3. The quantitative estimate of drug-likeness (QED) is 0.773. The van der Waals surface area contributed by atoms with Crippen LogP contribution < -0.4 is 5.32 Å². The Balaban J connectivity index is 1.69. The summed E-state index contributed by atoms with van der Waals surface area (Å²) in [5, 5.41) is 4.13. The number of nitrogens with one attached hydrogen (secondary N) is 1. The van der Waals surface area contributed by atoms with Gasteiger partial charge in [0.2, 0.25) is 0 Å². The number of hydrogen-bond acceptors (Lipinski definition) is 2.